The first-order chi connectivity index (χ1) is 12.9. The Morgan fingerprint density at radius 2 is 1.85 bits per heavy atom. The standard InChI is InChI=1S/C19H22BrNO5S/c1-3-25-19(22)15-10-11-18(17(20)14-15)27(23,24)21(2)12-7-13-26-16-8-5-4-6-9-16/h4-6,8-11,14H,3,7,12-13H2,1-2H3. The van der Waals surface area contributed by atoms with Crippen LogP contribution in [0.4, 0.5) is 0 Å². The average Bonchev–Trinajstić information content (AvgIpc) is 2.65. The molecule has 0 saturated carbocycles. The molecule has 0 aromatic heterocycles. The normalized spacial score (nSPS) is 11.4. The van der Waals surface area contributed by atoms with E-state index in [1.807, 2.05) is 30.3 Å². The smallest absolute Gasteiger partial charge is 0.338 e. The highest BCUT2D eigenvalue weighted by Crippen LogP contribution is 2.26. The molecule has 0 aliphatic carbocycles. The summed E-state index contributed by atoms with van der Waals surface area (Å²) in [5.74, 6) is 0.258. The van der Waals surface area contributed by atoms with Gasteiger partial charge >= 0.3 is 5.97 Å². The minimum Gasteiger partial charge on any atom is -0.494 e. The summed E-state index contributed by atoms with van der Waals surface area (Å²) in [6.45, 7) is 2.68. The molecule has 0 saturated heterocycles. The van der Waals surface area contributed by atoms with E-state index in [2.05, 4.69) is 15.9 Å². The van der Waals surface area contributed by atoms with Crippen LogP contribution in [0.25, 0.3) is 0 Å². The Labute approximate surface area is 168 Å². The van der Waals surface area contributed by atoms with E-state index in [4.69, 9.17) is 9.47 Å². The number of esters is 1. The van der Waals surface area contributed by atoms with Crippen LogP contribution < -0.4 is 4.74 Å². The lowest BCUT2D eigenvalue weighted by Crippen LogP contribution is -2.29. The first-order valence-corrected chi connectivity index (χ1v) is 10.7. The minimum atomic E-state index is -3.69. The fourth-order valence-corrected chi connectivity index (χ4v) is 4.58. The zero-order valence-electron chi connectivity index (χ0n) is 15.2. The molecule has 0 atom stereocenters. The summed E-state index contributed by atoms with van der Waals surface area (Å²) in [4.78, 5) is 11.9. The van der Waals surface area contributed by atoms with Crippen molar-refractivity contribution in [3.8, 4) is 5.75 Å². The number of carbonyl (C=O) groups excluding carboxylic acids is 1. The molecule has 8 heteroatoms. The largest absolute Gasteiger partial charge is 0.494 e. The van der Waals surface area contributed by atoms with Gasteiger partial charge in [-0.25, -0.2) is 17.5 Å². The van der Waals surface area contributed by atoms with Crippen molar-refractivity contribution in [1.29, 1.82) is 0 Å². The van der Waals surface area contributed by atoms with Gasteiger partial charge < -0.3 is 9.47 Å². The molecule has 146 valence electrons. The van der Waals surface area contributed by atoms with Crippen molar-refractivity contribution >= 4 is 31.9 Å². The zero-order valence-corrected chi connectivity index (χ0v) is 17.6. The summed E-state index contributed by atoms with van der Waals surface area (Å²) in [5.41, 5.74) is 0.293. The Bertz CT molecular complexity index is 871. The lowest BCUT2D eigenvalue weighted by Gasteiger charge is -2.18. The maximum atomic E-state index is 12.8. The van der Waals surface area contributed by atoms with Crippen molar-refractivity contribution < 1.29 is 22.7 Å². The van der Waals surface area contributed by atoms with E-state index in [-0.39, 0.29) is 11.5 Å². The third-order valence-corrected chi connectivity index (χ3v) is 6.59. The molecule has 2 aromatic rings. The number of ether oxygens (including phenoxy) is 2. The monoisotopic (exact) mass is 455 g/mol. The predicted octanol–water partition coefficient (Wildman–Crippen LogP) is 3.72. The van der Waals surface area contributed by atoms with E-state index in [1.165, 1.54) is 29.6 Å². The number of hydrogen-bond acceptors (Lipinski definition) is 5. The van der Waals surface area contributed by atoms with E-state index in [0.717, 1.165) is 5.75 Å². The molecule has 2 aromatic carbocycles. The molecule has 0 aliphatic heterocycles. The van der Waals surface area contributed by atoms with Gasteiger partial charge in [-0.15, -0.1) is 0 Å². The van der Waals surface area contributed by atoms with Gasteiger partial charge in [0.25, 0.3) is 0 Å². The number of para-hydroxylation sites is 1. The zero-order chi connectivity index (χ0) is 19.9. The van der Waals surface area contributed by atoms with Crippen LogP contribution in [0.15, 0.2) is 57.9 Å². The maximum absolute atomic E-state index is 12.8. The first-order valence-electron chi connectivity index (χ1n) is 8.47. The van der Waals surface area contributed by atoms with Gasteiger partial charge in [-0.05, 0) is 59.6 Å². The number of rotatable bonds is 9. The fraction of sp³-hybridized carbons (Fsp3) is 0.316. The summed E-state index contributed by atoms with van der Waals surface area (Å²) in [5, 5.41) is 0. The summed E-state index contributed by atoms with van der Waals surface area (Å²) >= 11 is 3.24. The van der Waals surface area contributed by atoms with E-state index < -0.39 is 16.0 Å². The second kappa shape index (κ2) is 9.87. The van der Waals surface area contributed by atoms with E-state index >= 15 is 0 Å². The minimum absolute atomic E-state index is 0.0991. The fourth-order valence-electron chi connectivity index (χ4n) is 2.33. The molecule has 0 spiro atoms. The molecule has 0 unspecified atom stereocenters. The van der Waals surface area contributed by atoms with Crippen LogP contribution in [0.2, 0.25) is 0 Å². The van der Waals surface area contributed by atoms with Crippen LogP contribution >= 0.6 is 15.9 Å². The number of sulfonamides is 1. The van der Waals surface area contributed by atoms with Gasteiger partial charge in [0.2, 0.25) is 10.0 Å². The van der Waals surface area contributed by atoms with Gasteiger partial charge in [0.15, 0.2) is 0 Å². The molecule has 0 bridgehead atoms. The molecule has 0 amide bonds. The quantitative estimate of drug-likeness (QED) is 0.425. The van der Waals surface area contributed by atoms with Crippen molar-refractivity contribution in [2.45, 2.75) is 18.2 Å². The molecular weight excluding hydrogens is 434 g/mol. The Kier molecular flexibility index (Phi) is 7.82. The van der Waals surface area contributed by atoms with Crippen molar-refractivity contribution in [1.82, 2.24) is 4.31 Å². The molecule has 2 rings (SSSR count). The van der Waals surface area contributed by atoms with Crippen LogP contribution in [0, 0.1) is 0 Å². The second-order valence-corrected chi connectivity index (χ2v) is 8.57. The summed E-state index contributed by atoms with van der Waals surface area (Å²) in [6.07, 6.45) is 0.545. The molecule has 27 heavy (non-hydrogen) atoms. The van der Waals surface area contributed by atoms with Crippen LogP contribution in [-0.4, -0.2) is 45.5 Å². The highest BCUT2D eigenvalue weighted by atomic mass is 79.9. The third kappa shape index (κ3) is 5.79. The van der Waals surface area contributed by atoms with Crippen molar-refractivity contribution in [3.05, 3.63) is 58.6 Å². The van der Waals surface area contributed by atoms with Gasteiger partial charge in [0.1, 0.15) is 5.75 Å². The highest BCUT2D eigenvalue weighted by molar-refractivity contribution is 9.10. The Hall–Kier alpha value is -1.90. The molecule has 0 N–H and O–H groups in total. The number of halogens is 1. The third-order valence-electron chi connectivity index (χ3n) is 3.76. The predicted molar refractivity (Wildman–Crippen MR) is 106 cm³/mol. The summed E-state index contributed by atoms with van der Waals surface area (Å²) < 4.78 is 37.6. The van der Waals surface area contributed by atoms with Gasteiger partial charge in [-0.1, -0.05) is 18.2 Å². The number of benzene rings is 2. The van der Waals surface area contributed by atoms with E-state index in [9.17, 15) is 13.2 Å². The van der Waals surface area contributed by atoms with E-state index in [0.29, 0.717) is 29.6 Å². The van der Waals surface area contributed by atoms with Crippen molar-refractivity contribution in [2.24, 2.45) is 0 Å². The summed E-state index contributed by atoms with van der Waals surface area (Å²) in [6, 6.07) is 13.7. The molecule has 0 radical (unpaired) electrons. The Balaban J connectivity index is 1.98. The molecule has 0 aliphatic rings. The molecular formula is C19H22BrNO5S. The average molecular weight is 456 g/mol. The highest BCUT2D eigenvalue weighted by Gasteiger charge is 2.24. The lowest BCUT2D eigenvalue weighted by molar-refractivity contribution is 0.0526. The second-order valence-electron chi connectivity index (χ2n) is 5.71. The number of nitrogens with zero attached hydrogens (tertiary/aromatic N) is 1. The molecule has 0 fully saturated rings. The van der Waals surface area contributed by atoms with E-state index in [1.54, 1.807) is 6.92 Å². The number of hydrogen-bond donors (Lipinski definition) is 0. The van der Waals surface area contributed by atoms with Gasteiger partial charge in [-0.3, -0.25) is 0 Å². The van der Waals surface area contributed by atoms with Crippen LogP contribution in [-0.2, 0) is 14.8 Å². The van der Waals surface area contributed by atoms with Gasteiger partial charge in [0.05, 0.1) is 23.7 Å². The van der Waals surface area contributed by atoms with Crippen LogP contribution in [0.3, 0.4) is 0 Å². The Morgan fingerprint density at radius 3 is 2.48 bits per heavy atom. The molecule has 0 heterocycles. The van der Waals surface area contributed by atoms with Crippen molar-refractivity contribution in [3.63, 3.8) is 0 Å². The van der Waals surface area contributed by atoms with Crippen LogP contribution in [0.1, 0.15) is 23.7 Å². The SMILES string of the molecule is CCOC(=O)c1ccc(S(=O)(=O)N(C)CCCOc2ccccc2)c(Br)c1. The first kappa shape index (κ1) is 21.4. The Morgan fingerprint density at radius 1 is 1.15 bits per heavy atom. The number of carbonyl (C=O) groups is 1. The topological polar surface area (TPSA) is 72.9 Å². The van der Waals surface area contributed by atoms with Crippen LogP contribution in [0.5, 0.6) is 5.75 Å². The summed E-state index contributed by atoms with van der Waals surface area (Å²) in [7, 11) is -2.17. The maximum Gasteiger partial charge on any atom is 0.338 e. The van der Waals surface area contributed by atoms with Gasteiger partial charge in [0, 0.05) is 18.1 Å². The van der Waals surface area contributed by atoms with Crippen molar-refractivity contribution in [2.75, 3.05) is 26.8 Å². The lowest BCUT2D eigenvalue weighted by atomic mass is 10.2. The van der Waals surface area contributed by atoms with Gasteiger partial charge in [-0.2, -0.15) is 0 Å². The molecule has 6 nitrogen and oxygen atoms in total.